The number of halogens is 1. The number of carbonyl (C=O) groups excluding carboxylic acids is 1. The van der Waals surface area contributed by atoms with Crippen molar-refractivity contribution in [3.8, 4) is 5.75 Å². The molecule has 218 valence electrons. The summed E-state index contributed by atoms with van der Waals surface area (Å²) in [5.74, 6) is -1.43. The maximum Gasteiger partial charge on any atom is 0.344 e. The lowest BCUT2D eigenvalue weighted by molar-refractivity contribution is 0.0733. The molecule has 2 aliphatic heterocycles. The molecular formula is C34H31BrN4O4. The number of aliphatic hydroxyl groups is 2. The van der Waals surface area contributed by atoms with Gasteiger partial charge in [0.2, 0.25) is 0 Å². The van der Waals surface area contributed by atoms with Gasteiger partial charge in [-0.15, -0.1) is 0 Å². The highest BCUT2D eigenvalue weighted by atomic mass is 79.9. The van der Waals surface area contributed by atoms with Crippen molar-refractivity contribution in [2.45, 2.75) is 32.2 Å². The lowest BCUT2D eigenvalue weighted by atomic mass is 9.72. The number of para-hydroxylation sites is 2. The van der Waals surface area contributed by atoms with Crippen LogP contribution >= 0.6 is 15.9 Å². The van der Waals surface area contributed by atoms with E-state index in [2.05, 4.69) is 15.9 Å². The number of esters is 1. The summed E-state index contributed by atoms with van der Waals surface area (Å²) in [6, 6.07) is 33.4. The second-order valence-corrected chi connectivity index (χ2v) is 11.5. The average Bonchev–Trinajstić information content (AvgIpc) is 3.49. The Balaban J connectivity index is 1.35. The van der Waals surface area contributed by atoms with Crippen LogP contribution in [0.15, 0.2) is 124 Å². The van der Waals surface area contributed by atoms with Crippen molar-refractivity contribution in [2.75, 3.05) is 10.0 Å². The lowest BCUT2D eigenvalue weighted by Gasteiger charge is -2.35. The SMILES string of the molecule is CC1=NN(c2ccccc2)[C@@H](O)[C@H]1C(c1ccc(OC(=O)c2ccccc2Br)cc1)[C@H]1C(C)=NN(c2ccccc2)[C@H]1O. The smallest absolute Gasteiger partial charge is 0.344 e. The standard InChI is InChI=1S/C34H31BrN4O4/c1-21-29(32(40)38(36-21)24-11-5-3-6-12-24)31(30-22(2)37-39(33(30)41)25-13-7-4-8-14-25)23-17-19-26(20-18-23)43-34(42)27-15-9-10-16-28(27)35/h3-20,29-33,40-41H,1-2H3/t29-,30-,32+,33+/m1/s1. The van der Waals surface area contributed by atoms with Gasteiger partial charge in [0.25, 0.3) is 0 Å². The van der Waals surface area contributed by atoms with Gasteiger partial charge in [0.1, 0.15) is 5.75 Å². The number of rotatable bonds is 7. The molecule has 0 amide bonds. The fourth-order valence-corrected chi connectivity index (χ4v) is 6.43. The first kappa shape index (κ1) is 28.8. The van der Waals surface area contributed by atoms with Crippen LogP contribution in [0.5, 0.6) is 5.75 Å². The van der Waals surface area contributed by atoms with Crippen molar-refractivity contribution in [1.82, 2.24) is 0 Å². The summed E-state index contributed by atoms with van der Waals surface area (Å²) in [4.78, 5) is 12.8. The Morgan fingerprint density at radius 1 is 0.721 bits per heavy atom. The first-order valence-electron chi connectivity index (χ1n) is 14.0. The Morgan fingerprint density at radius 3 is 1.67 bits per heavy atom. The molecule has 2 heterocycles. The molecule has 0 radical (unpaired) electrons. The summed E-state index contributed by atoms with van der Waals surface area (Å²) < 4.78 is 6.32. The number of carbonyl (C=O) groups is 1. The van der Waals surface area contributed by atoms with Crippen LogP contribution in [0.2, 0.25) is 0 Å². The number of aliphatic hydroxyl groups excluding tert-OH is 2. The normalized spacial score (nSPS) is 21.6. The molecule has 0 aliphatic carbocycles. The minimum atomic E-state index is -0.980. The number of nitrogens with zero attached hydrogens (tertiary/aromatic N) is 4. The van der Waals surface area contributed by atoms with Crippen LogP contribution in [0.4, 0.5) is 11.4 Å². The minimum absolute atomic E-state index is 0.384. The van der Waals surface area contributed by atoms with E-state index in [1.165, 1.54) is 0 Å². The van der Waals surface area contributed by atoms with Crippen molar-refractivity contribution >= 4 is 44.7 Å². The van der Waals surface area contributed by atoms with E-state index in [0.717, 1.165) is 28.4 Å². The molecule has 4 atom stereocenters. The van der Waals surface area contributed by atoms with Crippen molar-refractivity contribution in [3.63, 3.8) is 0 Å². The average molecular weight is 640 g/mol. The molecule has 0 saturated heterocycles. The number of benzene rings is 4. The number of ether oxygens (including phenoxy) is 1. The highest BCUT2D eigenvalue weighted by Gasteiger charge is 2.49. The Morgan fingerprint density at radius 2 is 1.19 bits per heavy atom. The third kappa shape index (κ3) is 5.59. The minimum Gasteiger partial charge on any atom is -0.423 e. The third-order valence-electron chi connectivity index (χ3n) is 8.02. The van der Waals surface area contributed by atoms with Gasteiger partial charge >= 0.3 is 5.97 Å². The topological polar surface area (TPSA) is 98.0 Å². The van der Waals surface area contributed by atoms with E-state index in [1.807, 2.05) is 92.7 Å². The first-order valence-corrected chi connectivity index (χ1v) is 14.8. The molecule has 0 aromatic heterocycles. The Bertz CT molecular complexity index is 1590. The van der Waals surface area contributed by atoms with Gasteiger partial charge in [-0.3, -0.25) is 0 Å². The maximum atomic E-state index is 12.8. The van der Waals surface area contributed by atoms with Crippen LogP contribution in [0, 0.1) is 11.8 Å². The monoisotopic (exact) mass is 638 g/mol. The summed E-state index contributed by atoms with van der Waals surface area (Å²) in [6.45, 7) is 3.81. The molecule has 8 nitrogen and oxygen atoms in total. The van der Waals surface area contributed by atoms with Crippen LogP contribution in [0.25, 0.3) is 0 Å². The van der Waals surface area contributed by atoms with Gasteiger partial charge in [0, 0.05) is 21.8 Å². The molecule has 6 rings (SSSR count). The zero-order valence-electron chi connectivity index (χ0n) is 23.7. The van der Waals surface area contributed by atoms with E-state index in [4.69, 9.17) is 14.9 Å². The molecule has 2 N–H and O–H groups in total. The van der Waals surface area contributed by atoms with Crippen LogP contribution in [-0.2, 0) is 0 Å². The van der Waals surface area contributed by atoms with Gasteiger partial charge in [0.05, 0.1) is 28.8 Å². The van der Waals surface area contributed by atoms with Gasteiger partial charge < -0.3 is 14.9 Å². The molecule has 0 saturated carbocycles. The summed E-state index contributed by atoms with van der Waals surface area (Å²) >= 11 is 3.40. The van der Waals surface area contributed by atoms with E-state index in [-0.39, 0.29) is 0 Å². The van der Waals surface area contributed by atoms with Crippen LogP contribution in [0.1, 0.15) is 35.7 Å². The van der Waals surface area contributed by atoms with Crippen molar-refractivity contribution in [3.05, 3.63) is 125 Å². The number of hydrogen-bond donors (Lipinski definition) is 2. The van der Waals surface area contributed by atoms with Crippen molar-refractivity contribution < 1.29 is 19.7 Å². The van der Waals surface area contributed by atoms with Crippen LogP contribution in [-0.4, -0.2) is 40.1 Å². The van der Waals surface area contributed by atoms with Gasteiger partial charge in [-0.1, -0.05) is 60.7 Å². The summed E-state index contributed by atoms with van der Waals surface area (Å²) in [5, 5.41) is 36.3. The molecule has 0 unspecified atom stereocenters. The molecule has 0 bridgehead atoms. The second-order valence-electron chi connectivity index (χ2n) is 10.7. The summed E-state index contributed by atoms with van der Waals surface area (Å²) in [5.41, 5.74) is 4.30. The number of hydrogen-bond acceptors (Lipinski definition) is 8. The largest absolute Gasteiger partial charge is 0.423 e. The fourth-order valence-electron chi connectivity index (χ4n) is 5.99. The summed E-state index contributed by atoms with van der Waals surface area (Å²) in [7, 11) is 0. The van der Waals surface area contributed by atoms with E-state index in [0.29, 0.717) is 15.8 Å². The quantitative estimate of drug-likeness (QED) is 0.179. The van der Waals surface area contributed by atoms with Gasteiger partial charge in [0.15, 0.2) is 12.5 Å². The van der Waals surface area contributed by atoms with E-state index in [9.17, 15) is 15.0 Å². The Labute approximate surface area is 258 Å². The molecule has 4 aromatic carbocycles. The third-order valence-corrected chi connectivity index (χ3v) is 8.72. The van der Waals surface area contributed by atoms with E-state index in [1.54, 1.807) is 40.3 Å². The summed E-state index contributed by atoms with van der Waals surface area (Å²) in [6.07, 6.45) is -1.96. The predicted molar refractivity (Wildman–Crippen MR) is 171 cm³/mol. The van der Waals surface area contributed by atoms with Gasteiger partial charge in [-0.2, -0.15) is 10.2 Å². The number of hydrazone groups is 2. The van der Waals surface area contributed by atoms with Gasteiger partial charge in [-0.25, -0.2) is 14.8 Å². The fraction of sp³-hybridized carbons (Fsp3) is 0.206. The highest BCUT2D eigenvalue weighted by molar-refractivity contribution is 9.10. The van der Waals surface area contributed by atoms with Crippen molar-refractivity contribution in [2.24, 2.45) is 22.0 Å². The molecule has 0 fully saturated rings. The molecule has 9 heteroatoms. The van der Waals surface area contributed by atoms with E-state index >= 15 is 0 Å². The zero-order chi connectivity index (χ0) is 30.1. The molecular weight excluding hydrogens is 608 g/mol. The Hall–Kier alpha value is -4.31. The second kappa shape index (κ2) is 12.1. The van der Waals surface area contributed by atoms with Crippen LogP contribution in [0.3, 0.4) is 0 Å². The van der Waals surface area contributed by atoms with Crippen molar-refractivity contribution in [1.29, 1.82) is 0 Å². The maximum absolute atomic E-state index is 12.8. The molecule has 2 aliphatic rings. The highest BCUT2D eigenvalue weighted by Crippen LogP contribution is 2.45. The number of anilines is 2. The molecule has 0 spiro atoms. The van der Waals surface area contributed by atoms with Crippen LogP contribution < -0.4 is 14.8 Å². The van der Waals surface area contributed by atoms with E-state index < -0.39 is 36.2 Å². The molecule has 43 heavy (non-hydrogen) atoms. The molecule has 4 aromatic rings. The Kier molecular flexibility index (Phi) is 8.12. The van der Waals surface area contributed by atoms with Gasteiger partial charge in [-0.05, 0) is 83.9 Å². The lowest BCUT2D eigenvalue weighted by Crippen LogP contribution is -2.44. The first-order chi connectivity index (χ1) is 20.8. The zero-order valence-corrected chi connectivity index (χ0v) is 25.2. The predicted octanol–water partition coefficient (Wildman–Crippen LogP) is 6.41.